The van der Waals surface area contributed by atoms with Crippen LogP contribution in [0.1, 0.15) is 0 Å². The van der Waals surface area contributed by atoms with Crippen molar-refractivity contribution in [3.63, 3.8) is 0 Å². The molecule has 1 radical (unpaired) electrons. The van der Waals surface area contributed by atoms with Crippen LogP contribution in [0.2, 0.25) is 0 Å². The van der Waals surface area contributed by atoms with Gasteiger partial charge in [-0.15, -0.1) is 0 Å². The molecule has 109 valence electrons. The molecule has 0 fully saturated rings. The number of furan rings is 2. The molecule has 0 aliphatic carbocycles. The molecule has 0 aliphatic heterocycles. The van der Waals surface area contributed by atoms with Crippen molar-refractivity contribution in [1.82, 2.24) is 0 Å². The van der Waals surface area contributed by atoms with Gasteiger partial charge in [0.05, 0.1) is 5.39 Å². The van der Waals surface area contributed by atoms with Crippen molar-refractivity contribution in [2.45, 2.75) is 0 Å². The molecule has 2 heterocycles. The van der Waals surface area contributed by atoms with E-state index in [1.807, 2.05) is 36.4 Å². The number of rotatable bonds is 2. The van der Waals surface area contributed by atoms with Crippen LogP contribution < -0.4 is 4.65 Å². The van der Waals surface area contributed by atoms with E-state index >= 15 is 0 Å². The molecule has 1 N–H and O–H groups in total. The molecule has 2 aromatic heterocycles. The molecule has 4 nitrogen and oxygen atoms in total. The van der Waals surface area contributed by atoms with Crippen molar-refractivity contribution < 1.29 is 18.5 Å². The standard InChI is InChI=1S/C18H10BO4/c20-19-23-10-5-6-13-16(9-10)21-15-8-7-12-11-3-1-2-4-14(11)22-18(12)17(13)15/h1-9,20H. The fraction of sp³-hybridized carbons (Fsp3) is 0. The van der Waals surface area contributed by atoms with Crippen molar-refractivity contribution in [1.29, 1.82) is 0 Å². The van der Waals surface area contributed by atoms with Crippen molar-refractivity contribution in [3.8, 4) is 5.75 Å². The Kier molecular flexibility index (Phi) is 2.49. The summed E-state index contributed by atoms with van der Waals surface area (Å²) < 4.78 is 17.0. The second-order valence-corrected chi connectivity index (χ2v) is 5.40. The molecule has 5 rings (SSSR count). The molecule has 0 saturated heterocycles. The highest BCUT2D eigenvalue weighted by atomic mass is 16.5. The molecule has 5 heteroatoms. The van der Waals surface area contributed by atoms with Gasteiger partial charge in [-0.05, 0) is 30.3 Å². The molecule has 0 unspecified atom stereocenters. The summed E-state index contributed by atoms with van der Waals surface area (Å²) in [5, 5.41) is 12.8. The van der Waals surface area contributed by atoms with E-state index in [9.17, 15) is 0 Å². The largest absolute Gasteiger partial charge is 0.569 e. The zero-order chi connectivity index (χ0) is 15.4. The molecule has 0 aliphatic rings. The van der Waals surface area contributed by atoms with Crippen LogP contribution in [-0.4, -0.2) is 12.7 Å². The first-order chi connectivity index (χ1) is 11.3. The summed E-state index contributed by atoms with van der Waals surface area (Å²) in [4.78, 5) is 0. The van der Waals surface area contributed by atoms with E-state index in [4.69, 9.17) is 18.5 Å². The summed E-state index contributed by atoms with van der Waals surface area (Å²) in [6.07, 6.45) is 0. The molecule has 0 amide bonds. The van der Waals surface area contributed by atoms with Crippen LogP contribution in [0.5, 0.6) is 5.75 Å². The van der Waals surface area contributed by atoms with Gasteiger partial charge in [-0.1, -0.05) is 18.2 Å². The highest BCUT2D eigenvalue weighted by Gasteiger charge is 2.16. The van der Waals surface area contributed by atoms with Crippen LogP contribution >= 0.6 is 0 Å². The minimum absolute atomic E-state index is 0.514. The number of hydrogen-bond donors (Lipinski definition) is 1. The summed E-state index contributed by atoms with van der Waals surface area (Å²) in [6, 6.07) is 17.4. The minimum Gasteiger partial charge on any atom is -0.537 e. The molecular formula is C18H10BO4. The van der Waals surface area contributed by atoms with Crippen molar-refractivity contribution in [3.05, 3.63) is 54.6 Å². The minimum atomic E-state index is 0.514. The molecule has 0 spiro atoms. The Morgan fingerprint density at radius 2 is 1.65 bits per heavy atom. The van der Waals surface area contributed by atoms with E-state index in [2.05, 4.69) is 6.07 Å². The molecular weight excluding hydrogens is 291 g/mol. The highest BCUT2D eigenvalue weighted by molar-refractivity contribution is 6.22. The zero-order valence-electron chi connectivity index (χ0n) is 11.9. The Morgan fingerprint density at radius 3 is 2.57 bits per heavy atom. The first-order valence-corrected chi connectivity index (χ1v) is 7.24. The third kappa shape index (κ3) is 1.71. The smallest absolute Gasteiger partial charge is 0.537 e. The highest BCUT2D eigenvalue weighted by Crippen LogP contribution is 2.39. The summed E-state index contributed by atoms with van der Waals surface area (Å²) in [5.41, 5.74) is 3.13. The monoisotopic (exact) mass is 301 g/mol. The maximum Gasteiger partial charge on any atom is 0.569 e. The van der Waals surface area contributed by atoms with E-state index in [0.717, 1.165) is 38.3 Å². The number of para-hydroxylation sites is 1. The summed E-state index contributed by atoms with van der Waals surface area (Å²) >= 11 is 0. The second kappa shape index (κ2) is 4.54. The van der Waals surface area contributed by atoms with E-state index in [1.165, 1.54) is 0 Å². The first kappa shape index (κ1) is 12.6. The van der Waals surface area contributed by atoms with Gasteiger partial charge in [-0.2, -0.15) is 0 Å². The average Bonchev–Trinajstić information content (AvgIpc) is 3.12. The second-order valence-electron chi connectivity index (χ2n) is 5.40. The topological polar surface area (TPSA) is 55.7 Å². The molecule has 5 aromatic rings. The van der Waals surface area contributed by atoms with Gasteiger partial charge in [-0.25, -0.2) is 0 Å². The Morgan fingerprint density at radius 1 is 0.783 bits per heavy atom. The van der Waals surface area contributed by atoms with Crippen molar-refractivity contribution >= 4 is 51.6 Å². The predicted molar refractivity (Wildman–Crippen MR) is 89.6 cm³/mol. The van der Waals surface area contributed by atoms with Crippen LogP contribution in [0.3, 0.4) is 0 Å². The van der Waals surface area contributed by atoms with Crippen LogP contribution in [-0.2, 0) is 0 Å². The molecule has 3 aromatic carbocycles. The summed E-state index contributed by atoms with van der Waals surface area (Å²) in [5.74, 6) is 0.514. The zero-order valence-corrected chi connectivity index (χ0v) is 11.9. The van der Waals surface area contributed by atoms with Gasteiger partial charge in [0.2, 0.25) is 0 Å². The van der Waals surface area contributed by atoms with Crippen LogP contribution in [0.4, 0.5) is 0 Å². The fourth-order valence-electron chi connectivity index (χ4n) is 3.16. The SMILES string of the molecule is O[B]Oc1ccc2c(c1)oc1ccc3c4ccccc4oc3c12. The lowest BCUT2D eigenvalue weighted by Gasteiger charge is -1.99. The van der Waals surface area contributed by atoms with E-state index < -0.39 is 0 Å². The lowest BCUT2D eigenvalue weighted by molar-refractivity contribution is 0.453. The molecule has 23 heavy (non-hydrogen) atoms. The van der Waals surface area contributed by atoms with Crippen LogP contribution in [0, 0.1) is 0 Å². The van der Waals surface area contributed by atoms with Crippen molar-refractivity contribution in [2.24, 2.45) is 0 Å². The number of hydrogen-bond acceptors (Lipinski definition) is 4. The number of fused-ring (bicyclic) bond motifs is 7. The van der Waals surface area contributed by atoms with Gasteiger partial charge in [0.15, 0.2) is 0 Å². The lowest BCUT2D eigenvalue weighted by Crippen LogP contribution is -1.98. The summed E-state index contributed by atoms with van der Waals surface area (Å²) in [7, 11) is 0.654. The first-order valence-electron chi connectivity index (χ1n) is 7.24. The Hall–Kier alpha value is -2.92. The molecule has 0 saturated carbocycles. The summed E-state index contributed by atoms with van der Waals surface area (Å²) in [6.45, 7) is 0. The maximum absolute atomic E-state index is 8.76. The number of benzene rings is 3. The Bertz CT molecular complexity index is 1190. The third-order valence-corrected chi connectivity index (χ3v) is 4.14. The van der Waals surface area contributed by atoms with Gasteiger partial charge in [0, 0.05) is 22.2 Å². The normalized spacial score (nSPS) is 11.7. The van der Waals surface area contributed by atoms with Crippen molar-refractivity contribution in [2.75, 3.05) is 0 Å². The Balaban J connectivity index is 1.93. The fourth-order valence-corrected chi connectivity index (χ4v) is 3.16. The third-order valence-electron chi connectivity index (χ3n) is 4.14. The van der Waals surface area contributed by atoms with E-state index in [0.29, 0.717) is 19.0 Å². The molecule has 0 atom stereocenters. The van der Waals surface area contributed by atoms with Gasteiger partial charge in [0.25, 0.3) is 0 Å². The maximum atomic E-state index is 8.76. The predicted octanol–water partition coefficient (Wildman–Crippen LogP) is 4.39. The van der Waals surface area contributed by atoms with Gasteiger partial charge in [-0.3, -0.25) is 0 Å². The van der Waals surface area contributed by atoms with Crippen LogP contribution in [0.15, 0.2) is 63.4 Å². The molecule has 0 bridgehead atoms. The van der Waals surface area contributed by atoms with Gasteiger partial charge >= 0.3 is 7.69 Å². The van der Waals surface area contributed by atoms with Gasteiger partial charge in [0.1, 0.15) is 28.1 Å². The van der Waals surface area contributed by atoms with Crippen LogP contribution in [0.25, 0.3) is 43.9 Å². The quantitative estimate of drug-likeness (QED) is 0.491. The average molecular weight is 301 g/mol. The van der Waals surface area contributed by atoms with E-state index in [1.54, 1.807) is 12.1 Å². The van der Waals surface area contributed by atoms with E-state index in [-0.39, 0.29) is 0 Å². The lowest BCUT2D eigenvalue weighted by atomic mass is 10.1. The Labute approximate surface area is 131 Å². The van der Waals surface area contributed by atoms with Gasteiger partial charge < -0.3 is 18.5 Å².